The van der Waals surface area contributed by atoms with Crippen molar-refractivity contribution in [2.45, 2.75) is 18.9 Å². The molecular formula is C12H18BrN3O2S. The second-order valence-corrected chi connectivity index (χ2v) is 7.35. The lowest BCUT2D eigenvalue weighted by atomic mass is 10.1. The molecule has 1 atom stereocenters. The Kier molecular flexibility index (Phi) is 4.83. The van der Waals surface area contributed by atoms with Crippen LogP contribution in [0, 0.1) is 0 Å². The van der Waals surface area contributed by atoms with Crippen LogP contribution in [0.4, 0.5) is 5.69 Å². The molecule has 0 saturated carbocycles. The van der Waals surface area contributed by atoms with Crippen LogP contribution < -0.4 is 10.0 Å². The van der Waals surface area contributed by atoms with Gasteiger partial charge in [-0.15, -0.1) is 0 Å². The Morgan fingerprint density at radius 2 is 2.21 bits per heavy atom. The minimum absolute atomic E-state index is 0.145. The maximum Gasteiger partial charge on any atom is 0.279 e. The molecule has 1 aliphatic rings. The molecule has 19 heavy (non-hydrogen) atoms. The second kappa shape index (κ2) is 6.21. The van der Waals surface area contributed by atoms with E-state index in [2.05, 4.69) is 26.0 Å². The quantitative estimate of drug-likeness (QED) is 0.872. The van der Waals surface area contributed by atoms with Crippen LogP contribution in [0.3, 0.4) is 0 Å². The topological polar surface area (TPSA) is 61.4 Å². The molecule has 2 N–H and O–H groups in total. The largest absolute Gasteiger partial charge is 0.381 e. The maximum absolute atomic E-state index is 11.8. The molecule has 0 aliphatic carbocycles. The van der Waals surface area contributed by atoms with Crippen molar-refractivity contribution in [2.24, 2.45) is 0 Å². The van der Waals surface area contributed by atoms with E-state index in [1.807, 2.05) is 24.3 Å². The summed E-state index contributed by atoms with van der Waals surface area (Å²) in [6, 6.07) is 8.04. The fraction of sp³-hybridized carbons (Fsp3) is 0.500. The van der Waals surface area contributed by atoms with Crippen molar-refractivity contribution in [3.05, 3.63) is 28.7 Å². The van der Waals surface area contributed by atoms with Gasteiger partial charge in [-0.25, -0.2) is 4.72 Å². The maximum atomic E-state index is 11.8. The van der Waals surface area contributed by atoms with Gasteiger partial charge in [0.25, 0.3) is 10.2 Å². The first-order valence-electron chi connectivity index (χ1n) is 6.22. The summed E-state index contributed by atoms with van der Waals surface area (Å²) >= 11 is 3.43. The second-order valence-electron chi connectivity index (χ2n) is 4.56. The van der Waals surface area contributed by atoms with E-state index in [-0.39, 0.29) is 6.04 Å². The number of piperidine rings is 1. The average Bonchev–Trinajstić information content (AvgIpc) is 2.39. The van der Waals surface area contributed by atoms with E-state index in [1.54, 1.807) is 0 Å². The van der Waals surface area contributed by atoms with Gasteiger partial charge in [-0.1, -0.05) is 22.0 Å². The molecule has 0 spiro atoms. The van der Waals surface area contributed by atoms with E-state index < -0.39 is 10.2 Å². The lowest BCUT2D eigenvalue weighted by molar-refractivity contribution is 0.324. The summed E-state index contributed by atoms with van der Waals surface area (Å²) in [5, 5.41) is 3.38. The van der Waals surface area contributed by atoms with Gasteiger partial charge in [-0.2, -0.15) is 12.7 Å². The van der Waals surface area contributed by atoms with Crippen LogP contribution in [0.15, 0.2) is 28.7 Å². The Morgan fingerprint density at radius 1 is 1.42 bits per heavy atom. The number of anilines is 1. The Bertz CT molecular complexity index is 536. The Balaban J connectivity index is 2.02. The smallest absolute Gasteiger partial charge is 0.279 e. The number of rotatable bonds is 4. The van der Waals surface area contributed by atoms with Gasteiger partial charge < -0.3 is 5.32 Å². The summed E-state index contributed by atoms with van der Waals surface area (Å²) < 4.78 is 28.4. The van der Waals surface area contributed by atoms with E-state index >= 15 is 0 Å². The van der Waals surface area contributed by atoms with Crippen molar-refractivity contribution in [3.63, 3.8) is 0 Å². The molecule has 0 bridgehead atoms. The van der Waals surface area contributed by atoms with Crippen LogP contribution in [0.1, 0.15) is 12.8 Å². The van der Waals surface area contributed by atoms with E-state index in [0.717, 1.165) is 23.0 Å². The molecule has 0 amide bonds. The third kappa shape index (κ3) is 3.92. The van der Waals surface area contributed by atoms with Crippen molar-refractivity contribution < 1.29 is 8.42 Å². The van der Waals surface area contributed by atoms with Crippen LogP contribution >= 0.6 is 15.9 Å². The Labute approximate surface area is 122 Å². The normalized spacial score (nSPS) is 21.3. The predicted molar refractivity (Wildman–Crippen MR) is 80.3 cm³/mol. The first-order chi connectivity index (χ1) is 9.01. The molecule has 1 aromatic rings. The van der Waals surface area contributed by atoms with Crippen molar-refractivity contribution in [1.29, 1.82) is 0 Å². The monoisotopic (exact) mass is 347 g/mol. The molecule has 106 valence electrons. The van der Waals surface area contributed by atoms with Crippen LogP contribution in [-0.2, 0) is 10.2 Å². The third-order valence-electron chi connectivity index (χ3n) is 3.18. The van der Waals surface area contributed by atoms with E-state index in [4.69, 9.17) is 0 Å². The standard InChI is InChI=1S/C12H18BrN3O2S/c1-14-19(17,18)16-7-3-6-12(9-16)15-11-5-2-4-10(13)8-11/h2,4-5,8,12,14-15H,3,6-7,9H2,1H3/t12-/m1/s1. The van der Waals surface area contributed by atoms with Gasteiger partial charge in [-0.3, -0.25) is 0 Å². The molecule has 0 aromatic heterocycles. The number of halogens is 1. The van der Waals surface area contributed by atoms with Gasteiger partial charge >= 0.3 is 0 Å². The average molecular weight is 348 g/mol. The van der Waals surface area contributed by atoms with Crippen LogP contribution in [0.2, 0.25) is 0 Å². The summed E-state index contributed by atoms with van der Waals surface area (Å²) in [5.74, 6) is 0. The fourth-order valence-corrected chi connectivity index (χ4v) is 3.62. The number of benzene rings is 1. The zero-order valence-electron chi connectivity index (χ0n) is 10.8. The lowest BCUT2D eigenvalue weighted by Gasteiger charge is -2.32. The Morgan fingerprint density at radius 3 is 2.89 bits per heavy atom. The summed E-state index contributed by atoms with van der Waals surface area (Å²) in [6.07, 6.45) is 1.84. The minimum atomic E-state index is -3.32. The van der Waals surface area contributed by atoms with Crippen molar-refractivity contribution in [3.8, 4) is 0 Å². The van der Waals surface area contributed by atoms with E-state index in [1.165, 1.54) is 11.4 Å². The minimum Gasteiger partial charge on any atom is -0.381 e. The van der Waals surface area contributed by atoms with Gasteiger partial charge in [-0.05, 0) is 31.0 Å². The molecule has 1 saturated heterocycles. The van der Waals surface area contributed by atoms with Crippen molar-refractivity contribution in [2.75, 3.05) is 25.5 Å². The summed E-state index contributed by atoms with van der Waals surface area (Å²) in [7, 11) is -1.88. The van der Waals surface area contributed by atoms with E-state index in [9.17, 15) is 8.42 Å². The first kappa shape index (κ1) is 14.8. The van der Waals surface area contributed by atoms with Crippen molar-refractivity contribution in [1.82, 2.24) is 9.03 Å². The van der Waals surface area contributed by atoms with Crippen LogP contribution in [-0.4, -0.2) is 38.9 Å². The molecule has 1 fully saturated rings. The van der Waals surface area contributed by atoms with Crippen LogP contribution in [0.25, 0.3) is 0 Å². The number of hydrogen-bond acceptors (Lipinski definition) is 3. The highest BCUT2D eigenvalue weighted by Gasteiger charge is 2.27. The summed E-state index contributed by atoms with van der Waals surface area (Å²) in [5.41, 5.74) is 1.00. The third-order valence-corrected chi connectivity index (χ3v) is 5.20. The highest BCUT2D eigenvalue weighted by molar-refractivity contribution is 9.10. The molecule has 1 aliphatic heterocycles. The highest BCUT2D eigenvalue weighted by atomic mass is 79.9. The summed E-state index contributed by atoms with van der Waals surface area (Å²) in [6.45, 7) is 1.08. The molecule has 0 unspecified atom stereocenters. The van der Waals surface area contributed by atoms with Gasteiger partial charge in [0.1, 0.15) is 0 Å². The molecular weight excluding hydrogens is 330 g/mol. The first-order valence-corrected chi connectivity index (χ1v) is 8.45. The molecule has 7 heteroatoms. The zero-order chi connectivity index (χ0) is 13.9. The fourth-order valence-electron chi connectivity index (χ4n) is 2.22. The number of hydrogen-bond donors (Lipinski definition) is 2. The van der Waals surface area contributed by atoms with Gasteiger partial charge in [0.05, 0.1) is 0 Å². The molecule has 5 nitrogen and oxygen atoms in total. The number of nitrogens with zero attached hydrogens (tertiary/aromatic N) is 1. The van der Waals surface area contributed by atoms with Crippen LogP contribution in [0.5, 0.6) is 0 Å². The number of nitrogens with one attached hydrogen (secondary N) is 2. The Hall–Kier alpha value is -0.630. The highest BCUT2D eigenvalue weighted by Crippen LogP contribution is 2.20. The van der Waals surface area contributed by atoms with Crippen molar-refractivity contribution >= 4 is 31.8 Å². The molecule has 2 rings (SSSR count). The molecule has 1 heterocycles. The lowest BCUT2D eigenvalue weighted by Crippen LogP contribution is -2.48. The molecule has 0 radical (unpaired) electrons. The van der Waals surface area contributed by atoms with Gasteiger partial charge in [0.15, 0.2) is 0 Å². The molecule has 1 aromatic carbocycles. The SMILES string of the molecule is CNS(=O)(=O)N1CCC[C@@H](Nc2cccc(Br)c2)C1. The van der Waals surface area contributed by atoms with Gasteiger partial charge in [0, 0.05) is 36.3 Å². The zero-order valence-corrected chi connectivity index (χ0v) is 13.2. The summed E-state index contributed by atoms with van der Waals surface area (Å²) in [4.78, 5) is 0. The predicted octanol–water partition coefficient (Wildman–Crippen LogP) is 1.79. The van der Waals surface area contributed by atoms with E-state index in [0.29, 0.717) is 13.1 Å². The van der Waals surface area contributed by atoms with Gasteiger partial charge in [0.2, 0.25) is 0 Å².